The first-order valence-corrected chi connectivity index (χ1v) is 5.35. The van der Waals surface area contributed by atoms with Gasteiger partial charge < -0.3 is 9.55 Å². The number of imidazole rings is 2. The number of aromatic amines is 1. The number of hydrogen-bond donors (Lipinski definition) is 1. The van der Waals surface area contributed by atoms with E-state index < -0.39 is 0 Å². The highest BCUT2D eigenvalue weighted by Crippen LogP contribution is 2.25. The first-order chi connectivity index (χ1) is 8.15. The Kier molecular flexibility index (Phi) is 2.16. The first-order valence-electron chi connectivity index (χ1n) is 4.97. The van der Waals surface area contributed by atoms with Crippen LogP contribution in [0.5, 0.6) is 0 Å². The molecule has 3 rings (SSSR count). The molecule has 0 aliphatic rings. The monoisotopic (exact) mass is 250 g/mol. The SMILES string of the molecule is Cn1cnc(-c2nc3ccc(F)cc3[nH]2)c1Cl. The van der Waals surface area contributed by atoms with Gasteiger partial charge in [0.1, 0.15) is 16.7 Å². The fourth-order valence-corrected chi connectivity index (χ4v) is 1.85. The van der Waals surface area contributed by atoms with Gasteiger partial charge in [-0.15, -0.1) is 0 Å². The van der Waals surface area contributed by atoms with Gasteiger partial charge in [0.2, 0.25) is 0 Å². The van der Waals surface area contributed by atoms with Crippen LogP contribution in [0.2, 0.25) is 5.15 Å². The van der Waals surface area contributed by atoms with Gasteiger partial charge in [0.25, 0.3) is 0 Å². The molecule has 1 N–H and O–H groups in total. The molecule has 3 aromatic rings. The Balaban J connectivity index is 2.21. The maximum atomic E-state index is 13.0. The molecule has 0 unspecified atom stereocenters. The Bertz CT molecular complexity index is 701. The molecule has 0 spiro atoms. The van der Waals surface area contributed by atoms with Gasteiger partial charge in [0.05, 0.1) is 17.4 Å². The van der Waals surface area contributed by atoms with Crippen molar-refractivity contribution >= 4 is 22.6 Å². The van der Waals surface area contributed by atoms with E-state index >= 15 is 0 Å². The molecule has 0 atom stereocenters. The molecule has 0 bridgehead atoms. The summed E-state index contributed by atoms with van der Waals surface area (Å²) in [6.45, 7) is 0. The zero-order valence-electron chi connectivity index (χ0n) is 8.91. The minimum Gasteiger partial charge on any atom is -0.336 e. The van der Waals surface area contributed by atoms with Crippen LogP contribution >= 0.6 is 11.6 Å². The van der Waals surface area contributed by atoms with Crippen LogP contribution in [0.25, 0.3) is 22.6 Å². The van der Waals surface area contributed by atoms with Gasteiger partial charge in [-0.25, -0.2) is 14.4 Å². The summed E-state index contributed by atoms with van der Waals surface area (Å²) in [6, 6.07) is 4.37. The third-order valence-electron chi connectivity index (χ3n) is 2.53. The van der Waals surface area contributed by atoms with Crippen LogP contribution in [-0.2, 0) is 7.05 Å². The van der Waals surface area contributed by atoms with Crippen LogP contribution in [0, 0.1) is 5.82 Å². The molecule has 0 aliphatic carbocycles. The molecular formula is C11H8ClFN4. The summed E-state index contributed by atoms with van der Waals surface area (Å²) >= 11 is 6.07. The fraction of sp³-hybridized carbons (Fsp3) is 0.0909. The lowest BCUT2D eigenvalue weighted by Crippen LogP contribution is -1.85. The Hall–Kier alpha value is -1.88. The van der Waals surface area contributed by atoms with E-state index in [1.54, 1.807) is 24.0 Å². The van der Waals surface area contributed by atoms with Crippen LogP contribution in [0.3, 0.4) is 0 Å². The number of H-pyrrole nitrogens is 1. The molecule has 0 amide bonds. The van der Waals surface area contributed by atoms with Gasteiger partial charge in [-0.3, -0.25) is 0 Å². The number of nitrogens with zero attached hydrogens (tertiary/aromatic N) is 3. The quantitative estimate of drug-likeness (QED) is 0.722. The lowest BCUT2D eigenvalue weighted by Gasteiger charge is -1.92. The molecular weight excluding hydrogens is 243 g/mol. The summed E-state index contributed by atoms with van der Waals surface area (Å²) in [7, 11) is 1.79. The summed E-state index contributed by atoms with van der Waals surface area (Å²) in [5, 5.41) is 0.490. The maximum Gasteiger partial charge on any atom is 0.160 e. The topological polar surface area (TPSA) is 46.5 Å². The van der Waals surface area contributed by atoms with Crippen LogP contribution in [0.1, 0.15) is 0 Å². The van der Waals surface area contributed by atoms with E-state index in [1.165, 1.54) is 12.1 Å². The van der Waals surface area contributed by atoms with Crippen LogP contribution in [-0.4, -0.2) is 19.5 Å². The number of fused-ring (bicyclic) bond motifs is 1. The van der Waals surface area contributed by atoms with Crippen LogP contribution in [0.15, 0.2) is 24.5 Å². The van der Waals surface area contributed by atoms with Gasteiger partial charge in [-0.1, -0.05) is 11.6 Å². The number of rotatable bonds is 1. The second kappa shape index (κ2) is 3.56. The van der Waals surface area contributed by atoms with Gasteiger partial charge in [0.15, 0.2) is 5.82 Å². The number of nitrogens with one attached hydrogen (secondary N) is 1. The van der Waals surface area contributed by atoms with Crippen molar-refractivity contribution in [2.75, 3.05) is 0 Å². The molecule has 0 radical (unpaired) electrons. The average molecular weight is 251 g/mol. The Morgan fingerprint density at radius 2 is 2.24 bits per heavy atom. The highest BCUT2D eigenvalue weighted by atomic mass is 35.5. The highest BCUT2D eigenvalue weighted by Gasteiger charge is 2.13. The predicted molar refractivity (Wildman–Crippen MR) is 63.3 cm³/mol. The molecule has 2 aromatic heterocycles. The van der Waals surface area contributed by atoms with Crippen molar-refractivity contribution in [2.45, 2.75) is 0 Å². The lowest BCUT2D eigenvalue weighted by molar-refractivity contribution is 0.629. The zero-order chi connectivity index (χ0) is 12.0. The second-order valence-electron chi connectivity index (χ2n) is 3.74. The summed E-state index contributed by atoms with van der Waals surface area (Å²) in [5.41, 5.74) is 1.87. The summed E-state index contributed by atoms with van der Waals surface area (Å²) < 4.78 is 14.7. The van der Waals surface area contributed by atoms with E-state index in [9.17, 15) is 4.39 Å². The van der Waals surface area contributed by atoms with Crippen molar-refractivity contribution in [1.29, 1.82) is 0 Å². The molecule has 6 heteroatoms. The maximum absolute atomic E-state index is 13.0. The summed E-state index contributed by atoms with van der Waals surface area (Å²) in [4.78, 5) is 11.5. The fourth-order valence-electron chi connectivity index (χ4n) is 1.67. The molecule has 2 heterocycles. The molecule has 0 aliphatic heterocycles. The average Bonchev–Trinajstić information content (AvgIpc) is 2.83. The van der Waals surface area contributed by atoms with E-state index in [0.29, 0.717) is 27.7 Å². The molecule has 0 saturated carbocycles. The van der Waals surface area contributed by atoms with Gasteiger partial charge in [0, 0.05) is 7.05 Å². The van der Waals surface area contributed by atoms with Crippen molar-refractivity contribution in [1.82, 2.24) is 19.5 Å². The zero-order valence-corrected chi connectivity index (χ0v) is 9.66. The number of hydrogen-bond acceptors (Lipinski definition) is 2. The number of aromatic nitrogens is 4. The van der Waals surface area contributed by atoms with Crippen molar-refractivity contribution in [3.8, 4) is 11.5 Å². The predicted octanol–water partition coefficient (Wildman–Crippen LogP) is 2.76. The van der Waals surface area contributed by atoms with E-state index in [4.69, 9.17) is 11.6 Å². The van der Waals surface area contributed by atoms with Crippen molar-refractivity contribution in [3.63, 3.8) is 0 Å². The van der Waals surface area contributed by atoms with Crippen LogP contribution < -0.4 is 0 Å². The normalized spacial score (nSPS) is 11.2. The number of benzene rings is 1. The third kappa shape index (κ3) is 1.59. The molecule has 17 heavy (non-hydrogen) atoms. The molecule has 0 fully saturated rings. The van der Waals surface area contributed by atoms with Crippen molar-refractivity contribution < 1.29 is 4.39 Å². The van der Waals surface area contributed by atoms with E-state index in [0.717, 1.165) is 0 Å². The first kappa shape index (κ1) is 10.3. The van der Waals surface area contributed by atoms with Gasteiger partial charge >= 0.3 is 0 Å². The second-order valence-corrected chi connectivity index (χ2v) is 4.10. The molecule has 86 valence electrons. The van der Waals surface area contributed by atoms with E-state index in [1.807, 2.05) is 0 Å². The van der Waals surface area contributed by atoms with Crippen LogP contribution in [0.4, 0.5) is 4.39 Å². The Morgan fingerprint density at radius 1 is 1.41 bits per heavy atom. The summed E-state index contributed by atoms with van der Waals surface area (Å²) in [5.74, 6) is 0.232. The smallest absolute Gasteiger partial charge is 0.160 e. The Morgan fingerprint density at radius 3 is 2.94 bits per heavy atom. The van der Waals surface area contributed by atoms with Crippen molar-refractivity contribution in [2.24, 2.45) is 7.05 Å². The van der Waals surface area contributed by atoms with E-state index in [2.05, 4.69) is 15.0 Å². The molecule has 0 saturated heterocycles. The lowest BCUT2D eigenvalue weighted by atomic mass is 10.3. The number of halogens is 2. The van der Waals surface area contributed by atoms with Gasteiger partial charge in [-0.2, -0.15) is 0 Å². The molecule has 4 nitrogen and oxygen atoms in total. The highest BCUT2D eigenvalue weighted by molar-refractivity contribution is 6.31. The molecule has 1 aromatic carbocycles. The van der Waals surface area contributed by atoms with E-state index in [-0.39, 0.29) is 5.82 Å². The number of aryl methyl sites for hydroxylation is 1. The third-order valence-corrected chi connectivity index (χ3v) is 2.98. The minimum atomic E-state index is -0.306. The largest absolute Gasteiger partial charge is 0.336 e. The summed E-state index contributed by atoms with van der Waals surface area (Å²) in [6.07, 6.45) is 1.60. The standard InChI is InChI=1S/C11H8ClFN4/c1-17-5-14-9(10(17)12)11-15-7-3-2-6(13)4-8(7)16-11/h2-5H,1H3,(H,15,16). The van der Waals surface area contributed by atoms with Gasteiger partial charge in [-0.05, 0) is 18.2 Å². The Labute approximate surface area is 101 Å². The minimum absolute atomic E-state index is 0.306. The van der Waals surface area contributed by atoms with Crippen molar-refractivity contribution in [3.05, 3.63) is 35.5 Å².